The van der Waals surface area contributed by atoms with Gasteiger partial charge in [0, 0.05) is 39.4 Å². The van der Waals surface area contributed by atoms with Crippen molar-refractivity contribution in [1.29, 1.82) is 0 Å². The minimum atomic E-state index is -0.369. The molecule has 0 aliphatic rings. The van der Waals surface area contributed by atoms with Crippen molar-refractivity contribution in [3.05, 3.63) is 18.0 Å². The van der Waals surface area contributed by atoms with Gasteiger partial charge in [-0.25, -0.2) is 0 Å². The van der Waals surface area contributed by atoms with E-state index in [0.717, 1.165) is 18.7 Å². The second-order valence-corrected chi connectivity index (χ2v) is 3.76. The van der Waals surface area contributed by atoms with Crippen molar-refractivity contribution >= 4 is 0 Å². The van der Waals surface area contributed by atoms with Crippen LogP contribution in [-0.4, -0.2) is 47.8 Å². The molecule has 0 aliphatic heterocycles. The van der Waals surface area contributed by atoms with Gasteiger partial charge in [-0.3, -0.25) is 4.68 Å². The van der Waals surface area contributed by atoms with Gasteiger partial charge >= 0.3 is 0 Å². The standard InChI is InChI=1S/C11H21N3O2/c1-3-14-9-10(7-13-14)6-11(15)8-12-4-5-16-2/h7,9,11-12,15H,3-6,8H2,1-2H3. The van der Waals surface area contributed by atoms with Crippen molar-refractivity contribution in [3.8, 4) is 0 Å². The number of rotatable bonds is 8. The molecule has 92 valence electrons. The summed E-state index contributed by atoms with van der Waals surface area (Å²) in [7, 11) is 1.66. The number of aromatic nitrogens is 2. The molecule has 1 aromatic heterocycles. The first-order chi connectivity index (χ1) is 7.76. The van der Waals surface area contributed by atoms with Crippen molar-refractivity contribution in [3.63, 3.8) is 0 Å². The highest BCUT2D eigenvalue weighted by molar-refractivity contribution is 5.05. The summed E-state index contributed by atoms with van der Waals surface area (Å²) in [5, 5.41) is 17.0. The van der Waals surface area contributed by atoms with Gasteiger partial charge in [0.2, 0.25) is 0 Å². The van der Waals surface area contributed by atoms with E-state index < -0.39 is 0 Å². The molecule has 1 atom stereocenters. The maximum atomic E-state index is 9.74. The van der Waals surface area contributed by atoms with E-state index in [1.807, 2.05) is 24.0 Å². The minimum Gasteiger partial charge on any atom is -0.391 e. The average Bonchev–Trinajstić information content (AvgIpc) is 2.72. The van der Waals surface area contributed by atoms with Gasteiger partial charge in [-0.1, -0.05) is 0 Å². The lowest BCUT2D eigenvalue weighted by Crippen LogP contribution is -2.30. The molecule has 0 saturated carbocycles. The number of methoxy groups -OCH3 is 1. The molecule has 5 nitrogen and oxygen atoms in total. The first-order valence-electron chi connectivity index (χ1n) is 5.65. The van der Waals surface area contributed by atoms with E-state index in [0.29, 0.717) is 19.6 Å². The van der Waals surface area contributed by atoms with Crippen molar-refractivity contribution in [2.75, 3.05) is 26.8 Å². The van der Waals surface area contributed by atoms with E-state index in [9.17, 15) is 5.11 Å². The summed E-state index contributed by atoms with van der Waals surface area (Å²) in [5.74, 6) is 0. The number of nitrogens with one attached hydrogen (secondary N) is 1. The van der Waals surface area contributed by atoms with E-state index in [1.165, 1.54) is 0 Å². The Morgan fingerprint density at radius 1 is 1.62 bits per heavy atom. The molecule has 0 saturated heterocycles. The first-order valence-corrected chi connectivity index (χ1v) is 5.65. The highest BCUT2D eigenvalue weighted by Crippen LogP contribution is 2.01. The maximum absolute atomic E-state index is 9.74. The maximum Gasteiger partial charge on any atom is 0.0706 e. The highest BCUT2D eigenvalue weighted by Gasteiger charge is 2.06. The molecule has 5 heteroatoms. The molecule has 0 aromatic carbocycles. The first kappa shape index (κ1) is 13.2. The SMILES string of the molecule is CCn1cc(CC(O)CNCCOC)cn1. The summed E-state index contributed by atoms with van der Waals surface area (Å²) >= 11 is 0. The minimum absolute atomic E-state index is 0.369. The van der Waals surface area contributed by atoms with Crippen molar-refractivity contribution < 1.29 is 9.84 Å². The van der Waals surface area contributed by atoms with E-state index in [2.05, 4.69) is 10.4 Å². The number of aliphatic hydroxyl groups excluding tert-OH is 1. The summed E-state index contributed by atoms with van der Waals surface area (Å²) in [5.41, 5.74) is 1.07. The van der Waals surface area contributed by atoms with E-state index in [-0.39, 0.29) is 6.10 Å². The Kier molecular flexibility index (Phi) is 6.07. The Morgan fingerprint density at radius 3 is 3.06 bits per heavy atom. The molecular weight excluding hydrogens is 206 g/mol. The average molecular weight is 227 g/mol. The monoisotopic (exact) mass is 227 g/mol. The predicted octanol–water partition coefficient (Wildman–Crippen LogP) is 0.0424. The second kappa shape index (κ2) is 7.38. The largest absolute Gasteiger partial charge is 0.391 e. The molecule has 0 radical (unpaired) electrons. The molecule has 0 fully saturated rings. The lowest BCUT2D eigenvalue weighted by atomic mass is 10.1. The van der Waals surface area contributed by atoms with Crippen LogP contribution in [0.15, 0.2) is 12.4 Å². The van der Waals surface area contributed by atoms with Crippen LogP contribution in [0.25, 0.3) is 0 Å². The Bertz CT molecular complexity index is 289. The number of aryl methyl sites for hydroxylation is 1. The predicted molar refractivity (Wildman–Crippen MR) is 62.4 cm³/mol. The zero-order valence-corrected chi connectivity index (χ0v) is 10.0. The molecular formula is C11H21N3O2. The van der Waals surface area contributed by atoms with E-state index in [4.69, 9.17) is 4.74 Å². The molecule has 0 spiro atoms. The number of aliphatic hydroxyl groups is 1. The molecule has 2 N–H and O–H groups in total. The second-order valence-electron chi connectivity index (χ2n) is 3.76. The van der Waals surface area contributed by atoms with Gasteiger partial charge < -0.3 is 15.2 Å². The molecule has 1 aromatic rings. The zero-order chi connectivity index (χ0) is 11.8. The van der Waals surface area contributed by atoms with Crippen molar-refractivity contribution in [2.45, 2.75) is 26.0 Å². The molecule has 1 unspecified atom stereocenters. The number of ether oxygens (including phenoxy) is 1. The molecule has 1 rings (SSSR count). The van der Waals surface area contributed by atoms with Gasteiger partial charge in [0.15, 0.2) is 0 Å². The molecule has 16 heavy (non-hydrogen) atoms. The summed E-state index contributed by atoms with van der Waals surface area (Å²) in [6.07, 6.45) is 4.05. The molecule has 1 heterocycles. The van der Waals surface area contributed by atoms with Crippen molar-refractivity contribution in [2.24, 2.45) is 0 Å². The Labute approximate surface area is 96.4 Å². The van der Waals surface area contributed by atoms with Crippen LogP contribution < -0.4 is 5.32 Å². The van der Waals surface area contributed by atoms with Crippen LogP contribution >= 0.6 is 0 Å². The van der Waals surface area contributed by atoms with Crippen LogP contribution in [0, 0.1) is 0 Å². The Morgan fingerprint density at radius 2 is 2.44 bits per heavy atom. The third-order valence-corrected chi connectivity index (χ3v) is 2.34. The fourth-order valence-corrected chi connectivity index (χ4v) is 1.47. The Hall–Kier alpha value is -0.910. The third-order valence-electron chi connectivity index (χ3n) is 2.34. The highest BCUT2D eigenvalue weighted by atomic mass is 16.5. The lowest BCUT2D eigenvalue weighted by Gasteiger charge is -2.10. The van der Waals surface area contributed by atoms with Gasteiger partial charge in [0.25, 0.3) is 0 Å². The molecule has 0 aliphatic carbocycles. The van der Waals surface area contributed by atoms with Crippen LogP contribution in [-0.2, 0) is 17.7 Å². The van der Waals surface area contributed by atoms with Crippen LogP contribution in [0.4, 0.5) is 0 Å². The number of hydrogen-bond donors (Lipinski definition) is 2. The summed E-state index contributed by atoms with van der Waals surface area (Å²) in [4.78, 5) is 0. The van der Waals surface area contributed by atoms with Gasteiger partial charge in [-0.05, 0) is 12.5 Å². The molecule has 0 bridgehead atoms. The molecule has 0 amide bonds. The van der Waals surface area contributed by atoms with Gasteiger partial charge in [0.1, 0.15) is 0 Å². The smallest absolute Gasteiger partial charge is 0.0706 e. The lowest BCUT2D eigenvalue weighted by molar-refractivity contribution is 0.160. The fourth-order valence-electron chi connectivity index (χ4n) is 1.47. The topological polar surface area (TPSA) is 59.3 Å². The Balaban J connectivity index is 2.20. The van der Waals surface area contributed by atoms with Crippen LogP contribution in [0.3, 0.4) is 0 Å². The van der Waals surface area contributed by atoms with Crippen LogP contribution in [0.1, 0.15) is 12.5 Å². The third kappa shape index (κ3) is 4.74. The van der Waals surface area contributed by atoms with Gasteiger partial charge in [0.05, 0.1) is 18.9 Å². The summed E-state index contributed by atoms with van der Waals surface area (Å²) in [6.45, 7) is 4.92. The number of hydrogen-bond acceptors (Lipinski definition) is 4. The number of nitrogens with zero attached hydrogens (tertiary/aromatic N) is 2. The summed E-state index contributed by atoms with van der Waals surface area (Å²) in [6, 6.07) is 0. The zero-order valence-electron chi connectivity index (χ0n) is 10.0. The summed E-state index contributed by atoms with van der Waals surface area (Å²) < 4.78 is 6.76. The quantitative estimate of drug-likeness (QED) is 0.616. The van der Waals surface area contributed by atoms with Crippen molar-refractivity contribution in [1.82, 2.24) is 15.1 Å². The fraction of sp³-hybridized carbons (Fsp3) is 0.727. The van der Waals surface area contributed by atoms with Gasteiger partial charge in [-0.2, -0.15) is 5.10 Å². The normalized spacial score (nSPS) is 12.9. The van der Waals surface area contributed by atoms with E-state index >= 15 is 0 Å². The van der Waals surface area contributed by atoms with E-state index in [1.54, 1.807) is 7.11 Å². The van der Waals surface area contributed by atoms with Crippen LogP contribution in [0.5, 0.6) is 0 Å². The van der Waals surface area contributed by atoms with Crippen LogP contribution in [0.2, 0.25) is 0 Å². The van der Waals surface area contributed by atoms with Gasteiger partial charge in [-0.15, -0.1) is 0 Å².